The Kier molecular flexibility index (Phi) is 5.00. The molecule has 0 aliphatic heterocycles. The molecule has 110 valence electrons. The summed E-state index contributed by atoms with van der Waals surface area (Å²) in [5.41, 5.74) is 7.78. The molecule has 0 radical (unpaired) electrons. The molecule has 4 N–H and O–H groups in total. The summed E-state index contributed by atoms with van der Waals surface area (Å²) in [6.07, 6.45) is 7.00. The van der Waals surface area contributed by atoms with E-state index < -0.39 is 0 Å². The van der Waals surface area contributed by atoms with Crippen molar-refractivity contribution >= 4 is 28.3 Å². The van der Waals surface area contributed by atoms with Gasteiger partial charge in [-0.05, 0) is 51.1 Å². The van der Waals surface area contributed by atoms with Crippen molar-refractivity contribution in [3.8, 4) is 0 Å². The third-order valence-electron chi connectivity index (χ3n) is 3.23. The number of aromatic nitrogens is 1. The third kappa shape index (κ3) is 3.72. The summed E-state index contributed by atoms with van der Waals surface area (Å²) in [4.78, 5) is 12.1. The van der Waals surface area contributed by atoms with Crippen LogP contribution in [0.1, 0.15) is 49.9 Å². The Morgan fingerprint density at radius 1 is 1.55 bits per heavy atom. The number of amides is 1. The second-order valence-corrected chi connectivity index (χ2v) is 6.10. The number of hydrogen-bond donors (Lipinski definition) is 3. The van der Waals surface area contributed by atoms with Crippen LogP contribution in [-0.2, 0) is 0 Å². The van der Waals surface area contributed by atoms with Crippen molar-refractivity contribution in [2.75, 3.05) is 17.6 Å². The van der Waals surface area contributed by atoms with E-state index in [2.05, 4.69) is 21.1 Å². The molecule has 0 saturated carbocycles. The van der Waals surface area contributed by atoms with Gasteiger partial charge >= 0.3 is 0 Å². The Morgan fingerprint density at radius 2 is 2.35 bits per heavy atom. The van der Waals surface area contributed by atoms with Gasteiger partial charge in [-0.25, -0.2) is 0 Å². The topological polar surface area (TPSA) is 80.0 Å². The molecular weight excluding hydrogens is 272 g/mol. The quantitative estimate of drug-likeness (QED) is 0.705. The van der Waals surface area contributed by atoms with E-state index >= 15 is 0 Å². The zero-order valence-corrected chi connectivity index (χ0v) is 12.8. The number of nitrogen functional groups attached to an aromatic ring is 1. The fourth-order valence-electron chi connectivity index (χ4n) is 2.28. The van der Waals surface area contributed by atoms with Crippen LogP contribution in [0.4, 0.5) is 10.8 Å². The van der Waals surface area contributed by atoms with Gasteiger partial charge in [-0.1, -0.05) is 11.6 Å². The van der Waals surface area contributed by atoms with Crippen LogP contribution in [0.25, 0.3) is 0 Å². The number of rotatable bonds is 6. The SMILES string of the molecule is CC(C)NC(=O)c1c(N)nsc1NCCC1=CCCC1. The third-order valence-corrected chi connectivity index (χ3v) is 4.05. The summed E-state index contributed by atoms with van der Waals surface area (Å²) in [5, 5.41) is 6.91. The molecule has 1 aromatic heterocycles. The average Bonchev–Trinajstić information content (AvgIpc) is 2.98. The van der Waals surface area contributed by atoms with Gasteiger partial charge in [-0.3, -0.25) is 4.79 Å². The smallest absolute Gasteiger partial charge is 0.258 e. The molecule has 0 saturated heterocycles. The second kappa shape index (κ2) is 6.74. The van der Waals surface area contributed by atoms with Crippen molar-refractivity contribution in [3.05, 3.63) is 17.2 Å². The highest BCUT2D eigenvalue weighted by molar-refractivity contribution is 7.11. The first-order chi connectivity index (χ1) is 9.58. The van der Waals surface area contributed by atoms with Crippen LogP contribution in [0.5, 0.6) is 0 Å². The van der Waals surface area contributed by atoms with Gasteiger partial charge in [0.05, 0.1) is 0 Å². The maximum atomic E-state index is 12.1. The normalized spacial score (nSPS) is 14.4. The Balaban J connectivity index is 1.95. The minimum Gasteiger partial charge on any atom is -0.382 e. The largest absolute Gasteiger partial charge is 0.382 e. The van der Waals surface area contributed by atoms with Crippen LogP contribution in [0.2, 0.25) is 0 Å². The highest BCUT2D eigenvalue weighted by Crippen LogP contribution is 2.27. The Morgan fingerprint density at radius 3 is 3.00 bits per heavy atom. The first-order valence-electron chi connectivity index (χ1n) is 7.05. The standard InChI is InChI=1S/C14H22N4OS/c1-9(2)17-13(19)11-12(15)18-20-14(11)16-8-7-10-5-3-4-6-10/h5,9,16H,3-4,6-8H2,1-2H3,(H2,15,18)(H,17,19). The van der Waals surface area contributed by atoms with Gasteiger partial charge < -0.3 is 16.4 Å². The van der Waals surface area contributed by atoms with E-state index in [-0.39, 0.29) is 11.9 Å². The molecular formula is C14H22N4OS. The summed E-state index contributed by atoms with van der Waals surface area (Å²) in [6, 6.07) is 0.0818. The fraction of sp³-hybridized carbons (Fsp3) is 0.571. The lowest BCUT2D eigenvalue weighted by molar-refractivity contribution is 0.0945. The number of carbonyl (C=O) groups is 1. The van der Waals surface area contributed by atoms with E-state index in [1.54, 1.807) is 0 Å². The van der Waals surface area contributed by atoms with E-state index in [1.807, 2.05) is 13.8 Å². The predicted molar refractivity (Wildman–Crippen MR) is 84.2 cm³/mol. The number of nitrogens with one attached hydrogen (secondary N) is 2. The minimum absolute atomic E-state index is 0.0818. The first kappa shape index (κ1) is 14.8. The summed E-state index contributed by atoms with van der Waals surface area (Å²) in [6.45, 7) is 4.66. The molecule has 1 heterocycles. The van der Waals surface area contributed by atoms with Crippen LogP contribution >= 0.6 is 11.5 Å². The van der Waals surface area contributed by atoms with Gasteiger partial charge in [0.1, 0.15) is 10.6 Å². The van der Waals surface area contributed by atoms with Crippen LogP contribution in [0, 0.1) is 0 Å². The highest BCUT2D eigenvalue weighted by Gasteiger charge is 2.19. The zero-order valence-electron chi connectivity index (χ0n) is 12.0. The number of allylic oxidation sites excluding steroid dienone is 1. The molecule has 1 aliphatic rings. The lowest BCUT2D eigenvalue weighted by Gasteiger charge is -2.10. The fourth-order valence-corrected chi connectivity index (χ4v) is 3.01. The van der Waals surface area contributed by atoms with Crippen LogP contribution < -0.4 is 16.4 Å². The van der Waals surface area contributed by atoms with Crippen molar-refractivity contribution in [2.45, 2.75) is 45.6 Å². The summed E-state index contributed by atoms with van der Waals surface area (Å²) < 4.78 is 4.08. The average molecular weight is 294 g/mol. The molecule has 0 aromatic carbocycles. The Labute approximate surface area is 123 Å². The molecule has 6 heteroatoms. The predicted octanol–water partition coefficient (Wildman–Crippen LogP) is 2.78. The van der Waals surface area contributed by atoms with Crippen molar-refractivity contribution in [1.82, 2.24) is 9.69 Å². The molecule has 5 nitrogen and oxygen atoms in total. The summed E-state index contributed by atoms with van der Waals surface area (Å²) in [5.74, 6) is 0.143. The Bertz CT molecular complexity index is 507. The maximum absolute atomic E-state index is 12.1. The molecule has 0 fully saturated rings. The second-order valence-electron chi connectivity index (χ2n) is 5.33. The van der Waals surface area contributed by atoms with Crippen molar-refractivity contribution in [2.24, 2.45) is 0 Å². The number of nitrogens with two attached hydrogens (primary N) is 1. The lowest BCUT2D eigenvalue weighted by Crippen LogP contribution is -2.30. The van der Waals surface area contributed by atoms with Gasteiger partial charge in [0.15, 0.2) is 5.82 Å². The monoisotopic (exact) mass is 294 g/mol. The molecule has 2 rings (SSSR count). The van der Waals surface area contributed by atoms with Crippen molar-refractivity contribution < 1.29 is 4.79 Å². The van der Waals surface area contributed by atoms with Crippen molar-refractivity contribution in [3.63, 3.8) is 0 Å². The number of nitrogens with zero attached hydrogens (tertiary/aromatic N) is 1. The molecule has 1 amide bonds. The van der Waals surface area contributed by atoms with Gasteiger partial charge in [0, 0.05) is 12.6 Å². The molecule has 1 aliphatic carbocycles. The van der Waals surface area contributed by atoms with Gasteiger partial charge in [0.25, 0.3) is 5.91 Å². The number of carbonyl (C=O) groups excluding carboxylic acids is 1. The van der Waals surface area contributed by atoms with E-state index in [0.29, 0.717) is 11.4 Å². The molecule has 1 aromatic rings. The molecule has 0 spiro atoms. The molecule has 20 heavy (non-hydrogen) atoms. The molecule has 0 unspecified atom stereocenters. The number of hydrogen-bond acceptors (Lipinski definition) is 5. The van der Waals surface area contributed by atoms with Crippen LogP contribution in [0.15, 0.2) is 11.6 Å². The van der Waals surface area contributed by atoms with Gasteiger partial charge in [0.2, 0.25) is 0 Å². The van der Waals surface area contributed by atoms with E-state index in [1.165, 1.54) is 36.4 Å². The highest BCUT2D eigenvalue weighted by atomic mass is 32.1. The van der Waals surface area contributed by atoms with E-state index in [4.69, 9.17) is 5.73 Å². The molecule has 0 atom stereocenters. The van der Waals surface area contributed by atoms with E-state index in [0.717, 1.165) is 18.0 Å². The first-order valence-corrected chi connectivity index (χ1v) is 7.83. The number of anilines is 2. The summed E-state index contributed by atoms with van der Waals surface area (Å²) >= 11 is 1.25. The summed E-state index contributed by atoms with van der Waals surface area (Å²) in [7, 11) is 0. The van der Waals surface area contributed by atoms with Crippen LogP contribution in [0.3, 0.4) is 0 Å². The Hall–Kier alpha value is -1.56. The van der Waals surface area contributed by atoms with E-state index in [9.17, 15) is 4.79 Å². The molecule has 0 bridgehead atoms. The van der Waals surface area contributed by atoms with Gasteiger partial charge in [-0.2, -0.15) is 4.37 Å². The van der Waals surface area contributed by atoms with Crippen LogP contribution in [-0.4, -0.2) is 22.9 Å². The minimum atomic E-state index is -0.158. The maximum Gasteiger partial charge on any atom is 0.258 e. The lowest BCUT2D eigenvalue weighted by atomic mass is 10.1. The van der Waals surface area contributed by atoms with Gasteiger partial charge in [-0.15, -0.1) is 0 Å². The zero-order chi connectivity index (χ0) is 14.5. The van der Waals surface area contributed by atoms with Crippen molar-refractivity contribution in [1.29, 1.82) is 0 Å².